The van der Waals surface area contributed by atoms with Crippen LogP contribution in [0.5, 0.6) is 0 Å². The van der Waals surface area contributed by atoms with Crippen molar-refractivity contribution in [1.29, 1.82) is 0 Å². The average Bonchev–Trinajstić information content (AvgIpc) is 3.40. The Labute approximate surface area is 158 Å². The lowest BCUT2D eigenvalue weighted by Gasteiger charge is -2.29. The average molecular weight is 368 g/mol. The van der Waals surface area contributed by atoms with Crippen LogP contribution in [0.2, 0.25) is 0 Å². The van der Waals surface area contributed by atoms with E-state index in [1.807, 2.05) is 6.92 Å². The van der Waals surface area contributed by atoms with Crippen LogP contribution in [-0.2, 0) is 17.6 Å². The largest absolute Gasteiger partial charge is 0.364 e. The van der Waals surface area contributed by atoms with Gasteiger partial charge in [-0.15, -0.1) is 0 Å². The van der Waals surface area contributed by atoms with Gasteiger partial charge in [0.1, 0.15) is 6.26 Å². The molecule has 2 N–H and O–H groups in total. The number of rotatable bonds is 5. The van der Waals surface area contributed by atoms with E-state index in [1.54, 1.807) is 0 Å². The number of likely N-dealkylation sites (tertiary alicyclic amines) is 1. The van der Waals surface area contributed by atoms with Crippen molar-refractivity contribution in [1.82, 2.24) is 20.7 Å². The summed E-state index contributed by atoms with van der Waals surface area (Å²) in [4.78, 5) is 27.2. The molecular weight excluding hydrogens is 344 g/mol. The van der Waals surface area contributed by atoms with Crippen LogP contribution in [0.25, 0.3) is 0 Å². The molecule has 1 saturated heterocycles. The Bertz CT molecular complexity index is 795. The summed E-state index contributed by atoms with van der Waals surface area (Å²) in [6, 6.07) is 9.95. The second-order valence-corrected chi connectivity index (χ2v) is 7.23. The van der Waals surface area contributed by atoms with E-state index in [0.29, 0.717) is 19.5 Å². The van der Waals surface area contributed by atoms with Crippen molar-refractivity contribution >= 4 is 11.8 Å². The number of amides is 2. The molecule has 0 radical (unpaired) electrons. The van der Waals surface area contributed by atoms with Gasteiger partial charge in [0.25, 0.3) is 5.91 Å². The topological polar surface area (TPSA) is 87.5 Å². The summed E-state index contributed by atoms with van der Waals surface area (Å²) in [7, 11) is 0. The number of hydrogen-bond donors (Lipinski definition) is 2. The van der Waals surface area contributed by atoms with Crippen molar-refractivity contribution in [2.75, 3.05) is 13.1 Å². The summed E-state index contributed by atoms with van der Waals surface area (Å²) < 4.78 is 4.74. The molecule has 0 unspecified atom stereocenters. The van der Waals surface area contributed by atoms with E-state index in [1.165, 1.54) is 23.5 Å². The Morgan fingerprint density at radius 1 is 1.22 bits per heavy atom. The first-order valence-electron chi connectivity index (χ1n) is 9.47. The van der Waals surface area contributed by atoms with Crippen molar-refractivity contribution in [3.8, 4) is 0 Å². The molecule has 1 aromatic heterocycles. The maximum Gasteiger partial charge on any atom is 0.273 e. The van der Waals surface area contributed by atoms with Crippen LogP contribution in [-0.4, -0.2) is 53.1 Å². The van der Waals surface area contributed by atoms with Crippen LogP contribution >= 0.6 is 0 Å². The van der Waals surface area contributed by atoms with Crippen molar-refractivity contribution in [3.05, 3.63) is 53.4 Å². The minimum absolute atomic E-state index is 0.0339. The normalized spacial score (nSPS) is 22.6. The van der Waals surface area contributed by atoms with Crippen LogP contribution < -0.4 is 10.6 Å². The number of aromatic nitrogens is 1. The number of carbonyl (C=O) groups excluding carboxylic acids is 2. The molecule has 2 aromatic rings. The highest BCUT2D eigenvalue weighted by atomic mass is 16.5. The van der Waals surface area contributed by atoms with Crippen LogP contribution in [0.3, 0.4) is 0 Å². The molecule has 2 aliphatic rings. The molecule has 0 bridgehead atoms. The number of fused-ring (bicyclic) bond motifs is 1. The molecule has 27 heavy (non-hydrogen) atoms. The summed E-state index contributed by atoms with van der Waals surface area (Å²) in [6.07, 6.45) is 3.86. The fourth-order valence-electron chi connectivity index (χ4n) is 4.28. The SMILES string of the molecule is CCNC(=O)[C@@H]1C[C@H](NC(=O)c2ccon2)CN1C1Cc2ccccc2C1. The minimum atomic E-state index is -0.264. The third kappa shape index (κ3) is 3.60. The van der Waals surface area contributed by atoms with Gasteiger partial charge in [-0.25, -0.2) is 0 Å². The zero-order valence-corrected chi connectivity index (χ0v) is 15.4. The van der Waals surface area contributed by atoms with Gasteiger partial charge in [-0.1, -0.05) is 29.4 Å². The second kappa shape index (κ2) is 7.52. The third-order valence-electron chi connectivity index (χ3n) is 5.50. The Hall–Kier alpha value is -2.67. The van der Waals surface area contributed by atoms with Crippen LogP contribution in [0.1, 0.15) is 35.0 Å². The molecular formula is C20H24N4O3. The summed E-state index contributed by atoms with van der Waals surface area (Å²) in [6.45, 7) is 3.18. The molecule has 1 fully saturated rings. The van der Waals surface area contributed by atoms with Crippen molar-refractivity contribution in [3.63, 3.8) is 0 Å². The van der Waals surface area contributed by atoms with E-state index in [4.69, 9.17) is 4.52 Å². The molecule has 2 amide bonds. The fraction of sp³-hybridized carbons (Fsp3) is 0.450. The number of benzene rings is 1. The quantitative estimate of drug-likeness (QED) is 0.827. The molecule has 7 heteroatoms. The van der Waals surface area contributed by atoms with E-state index in [0.717, 1.165) is 12.8 Å². The number of nitrogens with one attached hydrogen (secondary N) is 2. The Kier molecular flexibility index (Phi) is 4.94. The van der Waals surface area contributed by atoms with Gasteiger partial charge in [-0.3, -0.25) is 14.5 Å². The first-order valence-corrected chi connectivity index (χ1v) is 9.47. The summed E-state index contributed by atoms with van der Waals surface area (Å²) in [5.74, 6) is -0.230. The molecule has 142 valence electrons. The van der Waals surface area contributed by atoms with Gasteiger partial charge in [0.2, 0.25) is 5.91 Å². The molecule has 2 heterocycles. The second-order valence-electron chi connectivity index (χ2n) is 7.23. The highest BCUT2D eigenvalue weighted by Crippen LogP contribution is 2.30. The van der Waals surface area contributed by atoms with Crippen molar-refractivity contribution in [2.24, 2.45) is 0 Å². The van der Waals surface area contributed by atoms with Crippen molar-refractivity contribution in [2.45, 2.75) is 44.3 Å². The van der Waals surface area contributed by atoms with Crippen LogP contribution in [0, 0.1) is 0 Å². The smallest absolute Gasteiger partial charge is 0.273 e. The number of hydrogen-bond acceptors (Lipinski definition) is 5. The molecule has 7 nitrogen and oxygen atoms in total. The first-order chi connectivity index (χ1) is 13.2. The summed E-state index contributed by atoms with van der Waals surface area (Å²) >= 11 is 0. The van der Waals surface area contributed by atoms with Gasteiger partial charge in [-0.05, 0) is 37.3 Å². The van der Waals surface area contributed by atoms with Crippen molar-refractivity contribution < 1.29 is 14.1 Å². The molecule has 4 rings (SSSR count). The summed E-state index contributed by atoms with van der Waals surface area (Å²) in [5, 5.41) is 9.63. The lowest BCUT2D eigenvalue weighted by atomic mass is 10.1. The van der Waals surface area contributed by atoms with Gasteiger partial charge >= 0.3 is 0 Å². The highest BCUT2D eigenvalue weighted by molar-refractivity contribution is 5.92. The minimum Gasteiger partial charge on any atom is -0.364 e. The first kappa shape index (κ1) is 17.7. The van der Waals surface area contributed by atoms with Gasteiger partial charge in [0.15, 0.2) is 5.69 Å². The van der Waals surface area contributed by atoms with E-state index < -0.39 is 0 Å². The maximum atomic E-state index is 12.7. The van der Waals surface area contributed by atoms with Crippen LogP contribution in [0.15, 0.2) is 41.1 Å². The molecule has 0 saturated carbocycles. The molecule has 2 atom stereocenters. The number of carbonyl (C=O) groups is 2. The van der Waals surface area contributed by atoms with Gasteiger partial charge < -0.3 is 15.2 Å². The predicted molar refractivity (Wildman–Crippen MR) is 99.2 cm³/mol. The molecule has 1 aliphatic heterocycles. The van der Waals surface area contributed by atoms with Gasteiger partial charge in [-0.2, -0.15) is 0 Å². The van der Waals surface area contributed by atoms with Gasteiger partial charge in [0.05, 0.1) is 6.04 Å². The lowest BCUT2D eigenvalue weighted by molar-refractivity contribution is -0.126. The van der Waals surface area contributed by atoms with E-state index in [-0.39, 0.29) is 35.6 Å². The fourth-order valence-corrected chi connectivity index (χ4v) is 4.28. The summed E-state index contributed by atoms with van der Waals surface area (Å²) in [5.41, 5.74) is 2.97. The van der Waals surface area contributed by atoms with E-state index in [2.05, 4.69) is 45.0 Å². The standard InChI is InChI=1S/C20H24N4O3/c1-2-21-20(26)18-11-15(22-19(25)17-7-8-27-23-17)12-24(18)16-9-13-5-3-4-6-14(13)10-16/h3-8,15-16,18H,2,9-12H2,1H3,(H,21,26)(H,22,25)/t15-,18-/m0/s1. The molecule has 1 aromatic carbocycles. The Morgan fingerprint density at radius 2 is 1.96 bits per heavy atom. The number of nitrogens with zero attached hydrogens (tertiary/aromatic N) is 2. The van der Waals surface area contributed by atoms with E-state index in [9.17, 15) is 9.59 Å². The Morgan fingerprint density at radius 3 is 2.59 bits per heavy atom. The maximum absolute atomic E-state index is 12.7. The highest BCUT2D eigenvalue weighted by Gasteiger charge is 2.42. The molecule has 1 aliphatic carbocycles. The third-order valence-corrected chi connectivity index (χ3v) is 5.50. The van der Waals surface area contributed by atoms with Crippen LogP contribution in [0.4, 0.5) is 0 Å². The zero-order chi connectivity index (χ0) is 18.8. The number of likely N-dealkylation sites (N-methyl/N-ethyl adjacent to an activating group) is 1. The predicted octanol–water partition coefficient (Wildman–Crippen LogP) is 1.15. The monoisotopic (exact) mass is 368 g/mol. The van der Waals surface area contributed by atoms with Gasteiger partial charge in [0, 0.05) is 31.2 Å². The van der Waals surface area contributed by atoms with E-state index >= 15 is 0 Å². The Balaban J connectivity index is 1.48. The lowest BCUT2D eigenvalue weighted by Crippen LogP contribution is -2.48. The molecule has 0 spiro atoms. The zero-order valence-electron chi connectivity index (χ0n) is 15.4.